The number of ketones is 1. The number of Topliss-reactive ketones (excluding diaryl/α,β-unsaturated/α-hetero) is 1. The first-order chi connectivity index (χ1) is 11.1. The number of hydrogen-bond donors (Lipinski definition) is 0. The van der Waals surface area contributed by atoms with Crippen LogP contribution in [0.2, 0.25) is 0 Å². The van der Waals surface area contributed by atoms with Crippen molar-refractivity contribution in [1.82, 2.24) is 15.1 Å². The van der Waals surface area contributed by atoms with Crippen molar-refractivity contribution in [3.8, 4) is 11.4 Å². The van der Waals surface area contributed by atoms with Gasteiger partial charge in [-0.1, -0.05) is 11.6 Å². The molecular formula is C16H21N4O3+. The number of carbonyl (C=O) groups is 2. The van der Waals surface area contributed by atoms with Gasteiger partial charge in [-0.2, -0.15) is 0 Å². The first kappa shape index (κ1) is 18.3. The third-order valence-electron chi connectivity index (χ3n) is 2.87. The number of rotatable bonds is 5. The summed E-state index contributed by atoms with van der Waals surface area (Å²) < 4.78 is 6.23. The minimum atomic E-state index is -0.250. The quantitative estimate of drug-likeness (QED) is 0.611. The van der Waals surface area contributed by atoms with Crippen molar-refractivity contribution in [3.05, 3.63) is 36.9 Å². The second-order valence-corrected chi connectivity index (χ2v) is 4.63. The molecule has 0 aliphatic rings. The number of carbonyl (C=O) groups excluding carboxylic acids is 2. The Balaban J connectivity index is 0.000000463. The van der Waals surface area contributed by atoms with Crippen LogP contribution in [-0.4, -0.2) is 33.9 Å². The van der Waals surface area contributed by atoms with E-state index in [1.165, 1.54) is 7.11 Å². The van der Waals surface area contributed by atoms with Crippen LogP contribution in [0, 0.1) is 0 Å². The van der Waals surface area contributed by atoms with E-state index in [4.69, 9.17) is 0 Å². The average molecular weight is 317 g/mol. The van der Waals surface area contributed by atoms with E-state index >= 15 is 0 Å². The maximum atomic E-state index is 11.0. The predicted octanol–water partition coefficient (Wildman–Crippen LogP) is 1.37. The van der Waals surface area contributed by atoms with Gasteiger partial charge in [0, 0.05) is 30.4 Å². The van der Waals surface area contributed by atoms with E-state index in [9.17, 15) is 9.59 Å². The number of methoxy groups -OCH3 is 1. The van der Waals surface area contributed by atoms with Crippen molar-refractivity contribution in [2.24, 2.45) is 0 Å². The van der Waals surface area contributed by atoms with Gasteiger partial charge in [0.1, 0.15) is 18.4 Å². The van der Waals surface area contributed by atoms with Gasteiger partial charge in [-0.3, -0.25) is 4.79 Å². The molecule has 0 saturated heterocycles. The number of nitrogens with zero attached hydrogens (tertiary/aromatic N) is 4. The van der Waals surface area contributed by atoms with Gasteiger partial charge in [0.25, 0.3) is 0 Å². The Morgan fingerprint density at radius 2 is 1.91 bits per heavy atom. The van der Waals surface area contributed by atoms with Crippen LogP contribution in [-0.2, 0) is 20.9 Å². The van der Waals surface area contributed by atoms with Gasteiger partial charge in [-0.15, -0.1) is 0 Å². The number of hydrogen-bond acceptors (Lipinski definition) is 6. The fourth-order valence-electron chi connectivity index (χ4n) is 1.40. The van der Waals surface area contributed by atoms with Crippen molar-refractivity contribution < 1.29 is 19.0 Å². The molecule has 0 aromatic carbocycles. The number of ether oxygens (including phenoxy) is 1. The van der Waals surface area contributed by atoms with Gasteiger partial charge < -0.3 is 9.53 Å². The zero-order valence-corrected chi connectivity index (χ0v) is 13.6. The third-order valence-corrected chi connectivity index (χ3v) is 2.87. The van der Waals surface area contributed by atoms with E-state index in [1.54, 1.807) is 42.5 Å². The third kappa shape index (κ3) is 7.21. The van der Waals surface area contributed by atoms with Crippen molar-refractivity contribution in [2.45, 2.75) is 33.2 Å². The predicted molar refractivity (Wildman–Crippen MR) is 83.1 cm³/mol. The lowest BCUT2D eigenvalue weighted by Gasteiger charge is -1.97. The molecule has 0 saturated carbocycles. The highest BCUT2D eigenvalue weighted by atomic mass is 16.5. The van der Waals surface area contributed by atoms with E-state index in [1.807, 2.05) is 13.0 Å². The van der Waals surface area contributed by atoms with Crippen LogP contribution in [0.1, 0.15) is 26.7 Å². The molecule has 2 aromatic heterocycles. The molecular weight excluding hydrogens is 296 g/mol. The standard InChI is InChI=1S/C12H13N4O2.C4H8O/c1-18-11(17)4-8-16-7-3-10(9-15-16)12-13-5-2-6-14-12;1-3-4(2)5/h2-3,5-7,9H,4,8H2,1H3;3H2,1-2H3/q+1;. The van der Waals surface area contributed by atoms with Gasteiger partial charge in [0.15, 0.2) is 18.6 Å². The lowest BCUT2D eigenvalue weighted by Crippen LogP contribution is -2.38. The van der Waals surface area contributed by atoms with Crippen LogP contribution < -0.4 is 4.68 Å². The molecule has 0 spiro atoms. The van der Waals surface area contributed by atoms with Crippen LogP contribution >= 0.6 is 0 Å². The molecule has 0 aliphatic carbocycles. The van der Waals surface area contributed by atoms with Gasteiger partial charge in [0.2, 0.25) is 0 Å². The molecule has 23 heavy (non-hydrogen) atoms. The Morgan fingerprint density at radius 3 is 2.39 bits per heavy atom. The summed E-state index contributed by atoms with van der Waals surface area (Å²) in [5.74, 6) is 0.634. The van der Waals surface area contributed by atoms with Gasteiger partial charge in [-0.25, -0.2) is 9.97 Å². The maximum absolute atomic E-state index is 11.0. The second-order valence-electron chi connectivity index (χ2n) is 4.63. The number of aromatic nitrogens is 4. The highest BCUT2D eigenvalue weighted by Crippen LogP contribution is 2.09. The zero-order chi connectivity index (χ0) is 17.1. The van der Waals surface area contributed by atoms with Crippen LogP contribution in [0.3, 0.4) is 0 Å². The fourth-order valence-corrected chi connectivity index (χ4v) is 1.40. The van der Waals surface area contributed by atoms with E-state index in [2.05, 4.69) is 19.8 Å². The molecule has 0 atom stereocenters. The fraction of sp³-hybridized carbons (Fsp3) is 0.375. The molecule has 0 amide bonds. The first-order valence-corrected chi connectivity index (χ1v) is 7.26. The van der Waals surface area contributed by atoms with E-state index in [0.29, 0.717) is 25.2 Å². The van der Waals surface area contributed by atoms with E-state index in [-0.39, 0.29) is 11.8 Å². The first-order valence-electron chi connectivity index (χ1n) is 7.26. The molecule has 2 heterocycles. The van der Waals surface area contributed by atoms with Crippen LogP contribution in [0.5, 0.6) is 0 Å². The van der Waals surface area contributed by atoms with Crippen LogP contribution in [0.25, 0.3) is 11.4 Å². The normalized spacial score (nSPS) is 9.52. The molecule has 0 fully saturated rings. The summed E-state index contributed by atoms with van der Waals surface area (Å²) in [4.78, 5) is 29.1. The summed E-state index contributed by atoms with van der Waals surface area (Å²) in [6.45, 7) is 3.92. The van der Waals surface area contributed by atoms with Crippen LogP contribution in [0.4, 0.5) is 0 Å². The summed E-state index contributed by atoms with van der Waals surface area (Å²) in [5, 5.41) is 4.19. The molecule has 0 bridgehead atoms. The molecule has 7 heteroatoms. The van der Waals surface area contributed by atoms with Crippen molar-refractivity contribution in [2.75, 3.05) is 7.11 Å². The van der Waals surface area contributed by atoms with Gasteiger partial charge in [-0.05, 0) is 18.1 Å². The molecule has 0 aliphatic heterocycles. The summed E-state index contributed by atoms with van der Waals surface area (Å²) >= 11 is 0. The van der Waals surface area contributed by atoms with Gasteiger partial charge in [0.05, 0.1) is 7.11 Å². The Kier molecular flexibility index (Phi) is 8.06. The van der Waals surface area contributed by atoms with Gasteiger partial charge >= 0.3 is 5.97 Å². The summed E-state index contributed by atoms with van der Waals surface area (Å²) in [6, 6.07) is 3.62. The molecule has 0 radical (unpaired) electrons. The van der Waals surface area contributed by atoms with Crippen molar-refractivity contribution >= 4 is 11.8 Å². The summed E-state index contributed by atoms with van der Waals surface area (Å²) in [6.07, 6.45) is 7.79. The second kappa shape index (κ2) is 10.1. The lowest BCUT2D eigenvalue weighted by atomic mass is 10.3. The Labute approximate surface area is 135 Å². The minimum absolute atomic E-state index is 0.250. The van der Waals surface area contributed by atoms with E-state index < -0.39 is 0 Å². The number of aryl methyl sites for hydroxylation is 1. The highest BCUT2D eigenvalue weighted by Gasteiger charge is 2.09. The minimum Gasteiger partial charge on any atom is -0.469 e. The number of esters is 1. The molecule has 0 N–H and O–H groups in total. The monoisotopic (exact) mass is 317 g/mol. The van der Waals surface area contributed by atoms with Crippen molar-refractivity contribution in [1.29, 1.82) is 0 Å². The maximum Gasteiger partial charge on any atom is 0.312 e. The zero-order valence-electron chi connectivity index (χ0n) is 13.6. The highest BCUT2D eigenvalue weighted by molar-refractivity contribution is 5.74. The summed E-state index contributed by atoms with van der Waals surface area (Å²) in [5.41, 5.74) is 0.838. The smallest absolute Gasteiger partial charge is 0.312 e. The molecule has 2 rings (SSSR count). The topological polar surface area (TPSA) is 85.9 Å². The largest absolute Gasteiger partial charge is 0.469 e. The summed E-state index contributed by atoms with van der Waals surface area (Å²) in [7, 11) is 1.37. The Bertz CT molecular complexity index is 615. The molecule has 2 aromatic rings. The van der Waals surface area contributed by atoms with Crippen LogP contribution in [0.15, 0.2) is 36.9 Å². The Morgan fingerprint density at radius 1 is 1.26 bits per heavy atom. The average Bonchev–Trinajstić information content (AvgIpc) is 2.61. The molecule has 7 nitrogen and oxygen atoms in total. The lowest BCUT2D eigenvalue weighted by molar-refractivity contribution is -0.752. The molecule has 0 unspecified atom stereocenters. The SMILES string of the molecule is CCC(C)=O.COC(=O)CC[n+]1ccc(-c2ncccn2)cn1. The Hall–Kier alpha value is -2.70. The van der Waals surface area contributed by atoms with E-state index in [0.717, 1.165) is 5.56 Å². The molecule has 122 valence electrons. The van der Waals surface area contributed by atoms with Crippen molar-refractivity contribution in [3.63, 3.8) is 0 Å².